The molecule has 0 saturated heterocycles. The lowest BCUT2D eigenvalue weighted by Crippen LogP contribution is -2.04. The van der Waals surface area contributed by atoms with E-state index in [4.69, 9.17) is 21.1 Å². The molecule has 4 nitrogen and oxygen atoms in total. The number of esters is 1. The number of carbonyl (C=O) groups is 1. The van der Waals surface area contributed by atoms with E-state index in [2.05, 4.69) is 0 Å². The van der Waals surface area contributed by atoms with Crippen LogP contribution >= 0.6 is 23.4 Å². The topological polar surface area (TPSA) is 55.8 Å². The predicted octanol–water partition coefficient (Wildman–Crippen LogP) is 4.40. The van der Waals surface area contributed by atoms with E-state index in [1.165, 1.54) is 19.3 Å². The lowest BCUT2D eigenvalue weighted by Gasteiger charge is -2.04. The van der Waals surface area contributed by atoms with Gasteiger partial charge in [0.2, 0.25) is 0 Å². The highest BCUT2D eigenvalue weighted by molar-refractivity contribution is 7.99. The third-order valence-corrected chi connectivity index (χ3v) is 4.25. The van der Waals surface area contributed by atoms with Crippen LogP contribution in [0.1, 0.15) is 5.56 Å². The number of phenolic OH excluding ortho intramolecular Hbond substituents is 1. The Hall–Kier alpha value is -2.11. The van der Waals surface area contributed by atoms with Crippen LogP contribution in [0.4, 0.5) is 0 Å². The van der Waals surface area contributed by atoms with Gasteiger partial charge in [-0.3, -0.25) is 0 Å². The van der Waals surface area contributed by atoms with Gasteiger partial charge < -0.3 is 14.6 Å². The van der Waals surface area contributed by atoms with Gasteiger partial charge in [-0.1, -0.05) is 17.7 Å². The van der Waals surface area contributed by atoms with Crippen molar-refractivity contribution in [3.63, 3.8) is 0 Å². The number of methoxy groups -OCH3 is 1. The van der Waals surface area contributed by atoms with E-state index < -0.39 is 5.97 Å². The zero-order valence-corrected chi connectivity index (χ0v) is 14.6. The Morgan fingerprint density at radius 1 is 1.25 bits per heavy atom. The summed E-state index contributed by atoms with van der Waals surface area (Å²) in [6, 6.07) is 12.3. The highest BCUT2D eigenvalue weighted by Crippen LogP contribution is 2.26. The maximum absolute atomic E-state index is 11.7. The van der Waals surface area contributed by atoms with Crippen molar-refractivity contribution >= 4 is 35.4 Å². The molecular formula is C18H17ClO4S. The molecule has 24 heavy (non-hydrogen) atoms. The zero-order valence-electron chi connectivity index (χ0n) is 13.1. The van der Waals surface area contributed by atoms with Crippen LogP contribution in [0.5, 0.6) is 11.5 Å². The molecule has 0 spiro atoms. The van der Waals surface area contributed by atoms with Crippen LogP contribution in [0, 0.1) is 0 Å². The van der Waals surface area contributed by atoms with Crippen molar-refractivity contribution in [3.05, 3.63) is 59.1 Å². The number of thioether (sulfide) groups is 1. The largest absolute Gasteiger partial charge is 0.504 e. The van der Waals surface area contributed by atoms with Gasteiger partial charge in [-0.05, 0) is 48.0 Å². The molecule has 126 valence electrons. The minimum Gasteiger partial charge on any atom is -0.504 e. The molecule has 0 fully saturated rings. The molecule has 0 heterocycles. The van der Waals surface area contributed by atoms with Crippen LogP contribution in [-0.4, -0.2) is 30.5 Å². The Morgan fingerprint density at radius 2 is 2.00 bits per heavy atom. The van der Waals surface area contributed by atoms with Crippen molar-refractivity contribution in [1.29, 1.82) is 0 Å². The number of benzene rings is 2. The fourth-order valence-corrected chi connectivity index (χ4v) is 2.70. The summed E-state index contributed by atoms with van der Waals surface area (Å²) in [7, 11) is 1.47. The molecule has 0 aliphatic heterocycles. The minimum atomic E-state index is -0.418. The van der Waals surface area contributed by atoms with Crippen molar-refractivity contribution in [2.45, 2.75) is 4.90 Å². The van der Waals surface area contributed by atoms with Gasteiger partial charge >= 0.3 is 5.97 Å². The number of aromatic hydroxyl groups is 1. The number of hydrogen-bond acceptors (Lipinski definition) is 5. The summed E-state index contributed by atoms with van der Waals surface area (Å²) >= 11 is 7.41. The van der Waals surface area contributed by atoms with Gasteiger partial charge in [-0.25, -0.2) is 4.79 Å². The monoisotopic (exact) mass is 364 g/mol. The van der Waals surface area contributed by atoms with Crippen molar-refractivity contribution in [2.24, 2.45) is 0 Å². The smallest absolute Gasteiger partial charge is 0.330 e. The van der Waals surface area contributed by atoms with Crippen LogP contribution in [0.15, 0.2) is 53.4 Å². The van der Waals surface area contributed by atoms with Crippen LogP contribution in [0.25, 0.3) is 6.08 Å². The summed E-state index contributed by atoms with van der Waals surface area (Å²) in [6.07, 6.45) is 2.95. The molecule has 0 aliphatic carbocycles. The second kappa shape index (κ2) is 9.25. The van der Waals surface area contributed by atoms with Gasteiger partial charge in [0.05, 0.1) is 7.11 Å². The zero-order chi connectivity index (χ0) is 17.4. The summed E-state index contributed by atoms with van der Waals surface area (Å²) < 4.78 is 10.1. The lowest BCUT2D eigenvalue weighted by molar-refractivity contribution is -0.137. The number of hydrogen-bond donors (Lipinski definition) is 1. The third-order valence-electron chi connectivity index (χ3n) is 3.03. The van der Waals surface area contributed by atoms with E-state index >= 15 is 0 Å². The number of carbonyl (C=O) groups excluding carboxylic acids is 1. The molecule has 0 atom stereocenters. The van der Waals surface area contributed by atoms with Crippen molar-refractivity contribution in [1.82, 2.24) is 0 Å². The summed E-state index contributed by atoms with van der Waals surface area (Å²) in [5.41, 5.74) is 0.733. The van der Waals surface area contributed by atoms with E-state index in [0.717, 1.165) is 10.5 Å². The molecule has 0 aliphatic rings. The average molecular weight is 365 g/mol. The summed E-state index contributed by atoms with van der Waals surface area (Å²) in [5, 5.41) is 10.2. The highest BCUT2D eigenvalue weighted by Gasteiger charge is 2.02. The molecule has 2 aromatic rings. The first-order valence-corrected chi connectivity index (χ1v) is 8.55. The standard InChI is InChI=1S/C18H17ClO4S/c1-22-17-12-13(2-8-16(17)20)3-9-18(21)23-10-11-24-15-6-4-14(19)5-7-15/h2-9,12,20H,10-11H2,1H3/b9-3+. The van der Waals surface area contributed by atoms with Crippen molar-refractivity contribution in [3.8, 4) is 11.5 Å². The predicted molar refractivity (Wildman–Crippen MR) is 96.8 cm³/mol. The molecular weight excluding hydrogens is 348 g/mol. The fourth-order valence-electron chi connectivity index (χ4n) is 1.84. The molecule has 2 aromatic carbocycles. The maximum atomic E-state index is 11.7. The van der Waals surface area contributed by atoms with Gasteiger partial charge in [-0.2, -0.15) is 0 Å². The Morgan fingerprint density at radius 3 is 2.71 bits per heavy atom. The molecule has 0 bridgehead atoms. The molecule has 0 radical (unpaired) electrons. The van der Waals surface area contributed by atoms with Gasteiger partial charge in [0.25, 0.3) is 0 Å². The molecule has 2 rings (SSSR count). The maximum Gasteiger partial charge on any atom is 0.330 e. The first kappa shape index (κ1) is 18.2. The minimum absolute atomic E-state index is 0.0523. The first-order chi connectivity index (χ1) is 11.6. The highest BCUT2D eigenvalue weighted by atomic mass is 35.5. The van der Waals surface area contributed by atoms with Crippen molar-refractivity contribution in [2.75, 3.05) is 19.5 Å². The molecule has 0 amide bonds. The Kier molecular flexibility index (Phi) is 7.03. The summed E-state index contributed by atoms with van der Waals surface area (Å²) in [6.45, 7) is 0.315. The third kappa shape index (κ3) is 5.83. The molecule has 6 heteroatoms. The van der Waals surface area contributed by atoms with Crippen LogP contribution < -0.4 is 4.74 Å². The van der Waals surface area contributed by atoms with Crippen molar-refractivity contribution < 1.29 is 19.4 Å². The van der Waals surface area contributed by atoms with Gasteiger partial charge in [-0.15, -0.1) is 11.8 Å². The summed E-state index contributed by atoms with van der Waals surface area (Å²) in [4.78, 5) is 12.7. The summed E-state index contributed by atoms with van der Waals surface area (Å²) in [5.74, 6) is 0.647. The van der Waals surface area contributed by atoms with Crippen LogP contribution in [0.2, 0.25) is 5.02 Å². The fraction of sp³-hybridized carbons (Fsp3) is 0.167. The van der Waals surface area contributed by atoms with Gasteiger partial charge in [0.1, 0.15) is 6.61 Å². The Balaban J connectivity index is 1.75. The van der Waals surface area contributed by atoms with E-state index in [1.54, 1.807) is 30.0 Å². The van der Waals surface area contributed by atoms with Gasteiger partial charge in [0.15, 0.2) is 11.5 Å². The van der Waals surface area contributed by atoms with E-state index in [9.17, 15) is 9.90 Å². The normalized spacial score (nSPS) is 10.8. The number of halogens is 1. The quantitative estimate of drug-likeness (QED) is 0.341. The number of rotatable bonds is 7. The van der Waals surface area contributed by atoms with E-state index in [1.807, 2.05) is 24.3 Å². The molecule has 1 N–H and O–H groups in total. The molecule has 0 unspecified atom stereocenters. The van der Waals surface area contributed by atoms with Crippen LogP contribution in [0.3, 0.4) is 0 Å². The second-order valence-electron chi connectivity index (χ2n) is 4.73. The average Bonchev–Trinajstić information content (AvgIpc) is 2.59. The van der Waals surface area contributed by atoms with Crippen LogP contribution in [-0.2, 0) is 9.53 Å². The Bertz CT molecular complexity index is 713. The second-order valence-corrected chi connectivity index (χ2v) is 6.34. The van der Waals surface area contributed by atoms with E-state index in [0.29, 0.717) is 23.1 Å². The van der Waals surface area contributed by atoms with E-state index in [-0.39, 0.29) is 5.75 Å². The molecule has 0 aromatic heterocycles. The van der Waals surface area contributed by atoms with Gasteiger partial charge in [0, 0.05) is 21.7 Å². The lowest BCUT2D eigenvalue weighted by atomic mass is 10.2. The SMILES string of the molecule is COc1cc(/C=C/C(=O)OCCSc2ccc(Cl)cc2)ccc1O. The first-order valence-electron chi connectivity index (χ1n) is 7.18. The molecule has 0 saturated carbocycles. The number of ether oxygens (including phenoxy) is 2. The number of phenols is 1. The Labute approximate surface area is 150 Å².